The van der Waals surface area contributed by atoms with Crippen molar-refractivity contribution in [3.05, 3.63) is 17.2 Å². The van der Waals surface area contributed by atoms with Crippen molar-refractivity contribution in [2.24, 2.45) is 0 Å². The molecule has 0 bridgehead atoms. The second-order valence-corrected chi connectivity index (χ2v) is 5.29. The minimum absolute atomic E-state index is 0.490. The number of pyridine rings is 1. The van der Waals surface area contributed by atoms with E-state index in [-0.39, 0.29) is 0 Å². The van der Waals surface area contributed by atoms with E-state index in [1.54, 1.807) is 6.07 Å². The normalized spacial score (nSPS) is 9.50. The van der Waals surface area contributed by atoms with Gasteiger partial charge in [-0.15, -0.1) is 23.5 Å². The Bertz CT molecular complexity index is 418. The Labute approximate surface area is 104 Å². The molecule has 82 valence electrons. The van der Waals surface area contributed by atoms with Crippen LogP contribution in [-0.4, -0.2) is 16.5 Å². The molecule has 1 heterocycles. The van der Waals surface area contributed by atoms with Crippen LogP contribution in [0.25, 0.3) is 0 Å². The number of hydrogen-bond donors (Lipinski definition) is 0. The van der Waals surface area contributed by atoms with E-state index in [4.69, 9.17) is 10.5 Å². The van der Waals surface area contributed by atoms with Crippen molar-refractivity contribution in [2.75, 3.05) is 11.5 Å². The molecule has 0 aliphatic rings. The van der Waals surface area contributed by atoms with Gasteiger partial charge in [-0.25, -0.2) is 4.98 Å². The van der Waals surface area contributed by atoms with Gasteiger partial charge in [0.05, 0.1) is 11.1 Å². The van der Waals surface area contributed by atoms with Crippen LogP contribution < -0.4 is 0 Å². The van der Waals surface area contributed by atoms with Crippen LogP contribution in [0.15, 0.2) is 16.1 Å². The lowest BCUT2D eigenvalue weighted by atomic mass is 10.2. The molecule has 0 aliphatic heterocycles. The van der Waals surface area contributed by atoms with E-state index in [0.29, 0.717) is 11.1 Å². The molecule has 0 amide bonds. The maximum absolute atomic E-state index is 8.97. The zero-order valence-corrected chi connectivity index (χ0v) is 10.8. The van der Waals surface area contributed by atoms with E-state index in [2.05, 4.69) is 17.1 Å². The van der Waals surface area contributed by atoms with E-state index >= 15 is 0 Å². The van der Waals surface area contributed by atoms with Gasteiger partial charge in [-0.1, -0.05) is 13.8 Å². The Balaban J connectivity index is 3.25. The van der Waals surface area contributed by atoms with Gasteiger partial charge in [0, 0.05) is 0 Å². The lowest BCUT2D eigenvalue weighted by Gasteiger charge is -2.06. The first-order valence-electron chi connectivity index (χ1n) is 4.87. The van der Waals surface area contributed by atoms with Gasteiger partial charge >= 0.3 is 0 Å². The molecule has 1 aromatic heterocycles. The smallest absolute Gasteiger partial charge is 0.115 e. The molecule has 1 aromatic rings. The summed E-state index contributed by atoms with van der Waals surface area (Å²) in [5.41, 5.74) is 0.979. The third kappa shape index (κ3) is 2.91. The third-order valence-electron chi connectivity index (χ3n) is 1.76. The first kappa shape index (κ1) is 12.9. The summed E-state index contributed by atoms with van der Waals surface area (Å²) in [7, 11) is 0. The second-order valence-electron chi connectivity index (χ2n) is 2.78. The molecular weight excluding hydrogens is 238 g/mol. The molecule has 0 N–H and O–H groups in total. The maximum Gasteiger partial charge on any atom is 0.115 e. The van der Waals surface area contributed by atoms with E-state index in [0.717, 1.165) is 21.6 Å². The van der Waals surface area contributed by atoms with Crippen molar-refractivity contribution < 1.29 is 0 Å². The summed E-state index contributed by atoms with van der Waals surface area (Å²) in [5, 5.41) is 19.4. The summed E-state index contributed by atoms with van der Waals surface area (Å²) < 4.78 is 0. The molecule has 0 fully saturated rings. The lowest BCUT2D eigenvalue weighted by Crippen LogP contribution is -1.94. The minimum Gasteiger partial charge on any atom is -0.232 e. The van der Waals surface area contributed by atoms with E-state index < -0.39 is 0 Å². The average Bonchev–Trinajstić information content (AvgIpc) is 2.30. The van der Waals surface area contributed by atoms with Gasteiger partial charge in [-0.2, -0.15) is 10.5 Å². The Morgan fingerprint density at radius 1 is 1.06 bits per heavy atom. The highest BCUT2D eigenvalue weighted by atomic mass is 32.2. The fourth-order valence-corrected chi connectivity index (χ4v) is 2.57. The summed E-state index contributed by atoms with van der Waals surface area (Å²) in [6.07, 6.45) is 0. The van der Waals surface area contributed by atoms with Gasteiger partial charge < -0.3 is 0 Å². The van der Waals surface area contributed by atoms with Gasteiger partial charge in [-0.3, -0.25) is 0 Å². The fourth-order valence-electron chi connectivity index (χ4n) is 1.13. The molecule has 5 heteroatoms. The molecule has 0 unspecified atom stereocenters. The predicted molar refractivity (Wildman–Crippen MR) is 66.5 cm³/mol. The van der Waals surface area contributed by atoms with Gasteiger partial charge in [0.15, 0.2) is 0 Å². The van der Waals surface area contributed by atoms with Crippen LogP contribution in [0.3, 0.4) is 0 Å². The standard InChI is InChI=1S/C11H11N3S2/c1-3-15-10-8(6-12)5-9(7-13)11(14-10)16-4-2/h5H,3-4H2,1-2H3. The molecule has 1 rings (SSSR count). The summed E-state index contributed by atoms with van der Waals surface area (Å²) in [6.45, 7) is 4.02. The van der Waals surface area contributed by atoms with Crippen LogP contribution in [0.4, 0.5) is 0 Å². The molecular formula is C11H11N3S2. The average molecular weight is 249 g/mol. The SMILES string of the molecule is CCSc1nc(SCC)c(C#N)cc1C#N. The van der Waals surface area contributed by atoms with Crippen molar-refractivity contribution >= 4 is 23.5 Å². The Morgan fingerprint density at radius 2 is 1.50 bits per heavy atom. The molecule has 0 saturated heterocycles. The van der Waals surface area contributed by atoms with Crippen LogP contribution in [-0.2, 0) is 0 Å². The van der Waals surface area contributed by atoms with Gasteiger partial charge in [0.25, 0.3) is 0 Å². The molecule has 16 heavy (non-hydrogen) atoms. The third-order valence-corrected chi connectivity index (χ3v) is 3.50. The summed E-state index contributed by atoms with van der Waals surface area (Å²) in [6, 6.07) is 5.79. The predicted octanol–water partition coefficient (Wildman–Crippen LogP) is 3.05. The molecule has 0 aliphatic carbocycles. The highest BCUT2D eigenvalue weighted by Gasteiger charge is 2.11. The fraction of sp³-hybridized carbons (Fsp3) is 0.364. The highest BCUT2D eigenvalue weighted by molar-refractivity contribution is 7.99. The van der Waals surface area contributed by atoms with Crippen molar-refractivity contribution in [3.63, 3.8) is 0 Å². The Hall–Kier alpha value is -1.17. The zero-order chi connectivity index (χ0) is 12.0. The lowest BCUT2D eigenvalue weighted by molar-refractivity contribution is 0.981. The van der Waals surface area contributed by atoms with Crippen LogP contribution in [0, 0.1) is 22.7 Å². The Morgan fingerprint density at radius 3 is 1.81 bits per heavy atom. The first-order valence-corrected chi connectivity index (χ1v) is 6.84. The second kappa shape index (κ2) is 6.42. The van der Waals surface area contributed by atoms with Crippen molar-refractivity contribution in [3.8, 4) is 12.1 Å². The quantitative estimate of drug-likeness (QED) is 0.767. The van der Waals surface area contributed by atoms with Crippen LogP contribution in [0.2, 0.25) is 0 Å². The number of rotatable bonds is 4. The maximum atomic E-state index is 8.97. The van der Waals surface area contributed by atoms with Crippen LogP contribution >= 0.6 is 23.5 Å². The van der Waals surface area contributed by atoms with Gasteiger partial charge in [0.2, 0.25) is 0 Å². The molecule has 0 spiro atoms. The minimum atomic E-state index is 0.490. The van der Waals surface area contributed by atoms with Crippen molar-refractivity contribution in [1.29, 1.82) is 10.5 Å². The summed E-state index contributed by atoms with van der Waals surface area (Å²) in [4.78, 5) is 4.37. The summed E-state index contributed by atoms with van der Waals surface area (Å²) in [5.74, 6) is 1.73. The van der Waals surface area contributed by atoms with Crippen molar-refractivity contribution in [1.82, 2.24) is 4.98 Å². The number of thioether (sulfide) groups is 2. The van der Waals surface area contributed by atoms with Crippen LogP contribution in [0.1, 0.15) is 25.0 Å². The number of nitrogens with zero attached hydrogens (tertiary/aromatic N) is 3. The van der Waals surface area contributed by atoms with Crippen molar-refractivity contribution in [2.45, 2.75) is 23.9 Å². The topological polar surface area (TPSA) is 60.5 Å². The van der Waals surface area contributed by atoms with Gasteiger partial charge in [0.1, 0.15) is 22.2 Å². The zero-order valence-electron chi connectivity index (χ0n) is 9.15. The number of aromatic nitrogens is 1. The molecule has 3 nitrogen and oxygen atoms in total. The Kier molecular flexibility index (Phi) is 5.18. The number of hydrogen-bond acceptors (Lipinski definition) is 5. The van der Waals surface area contributed by atoms with E-state index in [9.17, 15) is 0 Å². The summed E-state index contributed by atoms with van der Waals surface area (Å²) >= 11 is 3.06. The molecule has 0 saturated carbocycles. The largest absolute Gasteiger partial charge is 0.232 e. The first-order chi connectivity index (χ1) is 7.76. The molecule has 0 radical (unpaired) electrons. The van der Waals surface area contributed by atoms with Gasteiger partial charge in [-0.05, 0) is 17.6 Å². The van der Waals surface area contributed by atoms with E-state index in [1.165, 1.54) is 23.5 Å². The van der Waals surface area contributed by atoms with E-state index in [1.807, 2.05) is 13.8 Å². The van der Waals surface area contributed by atoms with Crippen LogP contribution in [0.5, 0.6) is 0 Å². The number of nitriles is 2. The molecule has 0 aromatic carbocycles. The molecule has 0 atom stereocenters. The monoisotopic (exact) mass is 249 g/mol. The highest BCUT2D eigenvalue weighted by Crippen LogP contribution is 2.27.